The van der Waals surface area contributed by atoms with Crippen molar-refractivity contribution in [1.82, 2.24) is 21.3 Å². The highest BCUT2D eigenvalue weighted by molar-refractivity contribution is 5.79. The average Bonchev–Trinajstić information content (AvgIpc) is 0.748. The Morgan fingerprint density at radius 1 is 0.422 bits per heavy atom. The van der Waals surface area contributed by atoms with Gasteiger partial charge in [-0.05, 0) is 44.9 Å². The smallest absolute Gasteiger partial charge is 0.364 e. The van der Waals surface area contributed by atoms with E-state index in [1.807, 2.05) is 0 Å². The number of amides is 4. The molecule has 0 aliphatic carbocycles. The molecule has 10 unspecified atom stereocenters. The lowest BCUT2D eigenvalue weighted by atomic mass is 9.86. The van der Waals surface area contributed by atoms with Crippen LogP contribution in [0.1, 0.15) is 259 Å². The number of aliphatic hydroxyl groups is 17. The molecule has 4 amide bonds. The summed E-state index contributed by atoms with van der Waals surface area (Å²) in [6.45, 7) is -0.0661. The number of carbonyl (C=O) groups is 7. The van der Waals surface area contributed by atoms with Gasteiger partial charge in [0.05, 0.1) is 88.2 Å². The molecule has 0 spiro atoms. The Labute approximate surface area is 748 Å². The minimum absolute atomic E-state index is 0.119. The summed E-state index contributed by atoms with van der Waals surface area (Å²) in [7, 11) is 0. The van der Waals surface area contributed by atoms with Crippen LogP contribution in [0.4, 0.5) is 0 Å². The van der Waals surface area contributed by atoms with Gasteiger partial charge in [0.15, 0.2) is 12.6 Å². The number of allylic oxidation sites excluding steroid dienone is 3. The van der Waals surface area contributed by atoms with Gasteiger partial charge in [-0.2, -0.15) is 0 Å². The van der Waals surface area contributed by atoms with Crippen molar-refractivity contribution >= 4 is 41.5 Å². The molecule has 742 valence electrons. The maximum atomic E-state index is 13.8. The van der Waals surface area contributed by atoms with Crippen LogP contribution < -0.4 is 21.3 Å². The number of hydrogen-bond acceptors (Lipinski definition) is 34. The quantitative estimate of drug-likeness (QED) is 0.0273. The highest BCUT2D eigenvalue weighted by Crippen LogP contribution is 2.43. The molecule has 24 N–H and O–H groups in total. The van der Waals surface area contributed by atoms with Crippen LogP contribution in [0.2, 0.25) is 0 Å². The zero-order chi connectivity index (χ0) is 94.8. The standard InChI is InChI=1S/C87H152N4O37/c1-6-8-10-12-14-16-18-20-21-22-23-24-25-26-27-29-31-33-35-37-39-41-64(105)91-54(55(100)40-38-36-34-32-30-28-19-17-15-13-11-9-7-2)50-119-80-73(111)72(110)75(63(49-96)121-80)122-81-74(112)79(69(107)60(46-93)120-81)128-87(84(117)118)44-58(103)67(90-53(5)99)78(127-87)71(109)62(48-95)124-86(83(115)116)43-57(102)66(89-52(4)98)77(126-86)70(108)61(47-94)123-85(82(113)114)42-56(101)65(88-51(3)97)76(125-85)68(106)59(104)45-92/h20-21,38,40,54-63,65-81,92-96,100-104,106-112H,6-19,22-37,39,41-50H2,1-5H3,(H,88,97)(H,89,98)(H,90,99)(H,91,105)(H,113,114)(H,115,116)(H,117,118)/b21-20-,40-38+/t54-,55+,56?,57?,58?,59+,60?,61+,62+,63?,65+,66+,67+,68+,69-,70+,71+,72+,73?,74?,75+,76?,77?,78?,79-,80+,81-,85+,86+,87-/m0/s1. The molecule has 0 aromatic heterocycles. The Morgan fingerprint density at radius 2 is 0.789 bits per heavy atom. The fourth-order valence-corrected chi connectivity index (χ4v) is 16.9. The summed E-state index contributed by atoms with van der Waals surface area (Å²) < 4.78 is 58.3. The molecule has 30 atom stereocenters. The lowest BCUT2D eigenvalue weighted by molar-refractivity contribution is -0.388. The molecule has 5 aliphatic heterocycles. The third-order valence-electron chi connectivity index (χ3n) is 24.1. The number of carbonyl (C=O) groups excluding carboxylic acids is 4. The SMILES string of the molecule is CCCCCCCC/C=C\CCCCCCCCCCCCCC(=O)N[C@@H](CO[C@@H]1OC(CO)[C@@H](O[C@@H]2OC(CO)[C@H](O)[C@H](O[C@]3(C(=O)O)CC(O)[C@@H](NC(C)=O)C([C@H](O)[C@@H](CO)O[C@]4(C(=O)O)CC(O)[C@@H](NC(C)=O)C([C@H](O)[C@@H](CO)O[C@]5(C(=O)O)CC(O)[C@@H](NC(C)=O)C([C@H](O)[C@H](O)CO)O5)O4)O3)C2O)[C@H](O)C1O)[C@H](O)/C=C/CCCCCCCCCCCCC. The maximum Gasteiger partial charge on any atom is 0.364 e. The van der Waals surface area contributed by atoms with Crippen molar-refractivity contribution in [3.63, 3.8) is 0 Å². The second kappa shape index (κ2) is 58.8. The molecule has 0 radical (unpaired) electrons. The van der Waals surface area contributed by atoms with E-state index < -0.39 is 283 Å². The Kier molecular flexibility index (Phi) is 52.0. The van der Waals surface area contributed by atoms with E-state index in [1.165, 1.54) is 115 Å². The number of nitrogens with one attached hydrogen (secondary N) is 4. The van der Waals surface area contributed by atoms with Crippen LogP contribution in [0.15, 0.2) is 24.3 Å². The van der Waals surface area contributed by atoms with Crippen molar-refractivity contribution in [3.05, 3.63) is 24.3 Å². The lowest BCUT2D eigenvalue weighted by Gasteiger charge is -2.51. The molecule has 5 saturated heterocycles. The lowest BCUT2D eigenvalue weighted by Crippen LogP contribution is -2.72. The van der Waals surface area contributed by atoms with Crippen molar-refractivity contribution in [1.29, 1.82) is 0 Å². The fourth-order valence-electron chi connectivity index (χ4n) is 16.9. The van der Waals surface area contributed by atoms with Gasteiger partial charge < -0.3 is 171 Å². The van der Waals surface area contributed by atoms with Crippen LogP contribution in [-0.2, 0) is 80.9 Å². The van der Waals surface area contributed by atoms with Gasteiger partial charge in [0.25, 0.3) is 17.4 Å². The summed E-state index contributed by atoms with van der Waals surface area (Å²) >= 11 is 0. The first kappa shape index (κ1) is 113. The van der Waals surface area contributed by atoms with E-state index in [4.69, 9.17) is 47.4 Å². The molecule has 41 heteroatoms. The number of ether oxygens (including phenoxy) is 10. The minimum Gasteiger partial charge on any atom is -0.477 e. The summed E-state index contributed by atoms with van der Waals surface area (Å²) in [6.07, 6.45) is -13.1. The molecule has 5 fully saturated rings. The molecule has 5 heterocycles. The summed E-state index contributed by atoms with van der Waals surface area (Å²) in [5.41, 5.74) is 0. The van der Waals surface area contributed by atoms with E-state index in [1.54, 1.807) is 6.08 Å². The number of unbranched alkanes of at least 4 members (excludes halogenated alkanes) is 28. The van der Waals surface area contributed by atoms with Gasteiger partial charge in [0.2, 0.25) is 23.6 Å². The zero-order valence-corrected chi connectivity index (χ0v) is 74.8. The van der Waals surface area contributed by atoms with Gasteiger partial charge in [-0.25, -0.2) is 14.4 Å². The monoisotopic (exact) mass is 1850 g/mol. The molecule has 5 aliphatic rings. The molecular formula is C87H152N4O37. The number of aliphatic carboxylic acids is 3. The second-order valence-electron chi connectivity index (χ2n) is 34.6. The Bertz CT molecular complexity index is 3260. The molecule has 0 aromatic carbocycles. The predicted octanol–water partition coefficient (Wildman–Crippen LogP) is -0.370. The summed E-state index contributed by atoms with van der Waals surface area (Å²) in [5, 5.41) is 235. The summed E-state index contributed by atoms with van der Waals surface area (Å²) in [5.74, 6) is -20.6. The van der Waals surface area contributed by atoms with E-state index in [0.29, 0.717) is 12.8 Å². The van der Waals surface area contributed by atoms with Gasteiger partial charge in [0.1, 0.15) is 104 Å². The van der Waals surface area contributed by atoms with Crippen LogP contribution in [0.5, 0.6) is 0 Å². The number of hydrogen-bond donors (Lipinski definition) is 24. The second-order valence-corrected chi connectivity index (χ2v) is 34.6. The zero-order valence-electron chi connectivity index (χ0n) is 74.8. The first-order valence-corrected chi connectivity index (χ1v) is 46.0. The Morgan fingerprint density at radius 3 is 1.17 bits per heavy atom. The van der Waals surface area contributed by atoms with Crippen molar-refractivity contribution in [3.8, 4) is 0 Å². The van der Waals surface area contributed by atoms with Crippen LogP contribution in [-0.4, -0.2) is 366 Å². The van der Waals surface area contributed by atoms with Crippen molar-refractivity contribution < 1.29 is 183 Å². The van der Waals surface area contributed by atoms with Crippen LogP contribution in [0.25, 0.3) is 0 Å². The first-order valence-electron chi connectivity index (χ1n) is 46.0. The van der Waals surface area contributed by atoms with Crippen molar-refractivity contribution in [2.45, 2.75) is 442 Å². The van der Waals surface area contributed by atoms with Gasteiger partial charge in [-0.3, -0.25) is 19.2 Å². The molecule has 128 heavy (non-hydrogen) atoms. The van der Waals surface area contributed by atoms with Crippen molar-refractivity contribution in [2.24, 2.45) is 0 Å². The van der Waals surface area contributed by atoms with Gasteiger partial charge >= 0.3 is 17.9 Å². The molecule has 5 rings (SSSR count). The summed E-state index contributed by atoms with van der Waals surface area (Å²) in [6, 6.07) is -7.03. The van der Waals surface area contributed by atoms with Gasteiger partial charge in [0, 0.05) is 46.5 Å². The number of carboxylic acids is 3. The van der Waals surface area contributed by atoms with Crippen LogP contribution in [0.3, 0.4) is 0 Å². The molecule has 0 saturated carbocycles. The Balaban J connectivity index is 1.32. The normalized spacial score (nSPS) is 31.8. The summed E-state index contributed by atoms with van der Waals surface area (Å²) in [4.78, 5) is 92.3. The molecule has 0 aromatic rings. The first-order chi connectivity index (χ1) is 61.0. The van der Waals surface area contributed by atoms with Gasteiger partial charge in [-0.1, -0.05) is 192 Å². The highest BCUT2D eigenvalue weighted by Gasteiger charge is 2.64. The third-order valence-corrected chi connectivity index (χ3v) is 24.1. The van der Waals surface area contributed by atoms with Crippen LogP contribution >= 0.6 is 0 Å². The average molecular weight is 1850 g/mol. The third kappa shape index (κ3) is 34.9. The van der Waals surface area contributed by atoms with E-state index in [0.717, 1.165) is 97.8 Å². The highest BCUT2D eigenvalue weighted by atomic mass is 16.8. The van der Waals surface area contributed by atoms with Gasteiger partial charge in [-0.15, -0.1) is 0 Å². The number of aliphatic hydroxyl groups excluding tert-OH is 17. The van der Waals surface area contributed by atoms with Crippen molar-refractivity contribution in [2.75, 3.05) is 39.6 Å². The minimum atomic E-state index is -3.58. The van der Waals surface area contributed by atoms with E-state index >= 15 is 0 Å². The predicted molar refractivity (Wildman–Crippen MR) is 452 cm³/mol. The van der Waals surface area contributed by atoms with E-state index in [2.05, 4.69) is 47.3 Å². The van der Waals surface area contributed by atoms with E-state index in [-0.39, 0.29) is 6.42 Å². The topological polar surface area (TPSA) is 665 Å². The largest absolute Gasteiger partial charge is 0.477 e. The number of rotatable bonds is 64. The Hall–Kier alpha value is -5.31. The van der Waals surface area contributed by atoms with E-state index in [9.17, 15) is 136 Å². The fraction of sp³-hybridized carbons (Fsp3) is 0.874. The number of carboxylic acid groups (broad SMARTS) is 3. The molecule has 0 bridgehead atoms. The molecule has 41 nitrogen and oxygen atoms in total. The van der Waals surface area contributed by atoms with Crippen LogP contribution in [0, 0.1) is 0 Å². The maximum absolute atomic E-state index is 13.8. The molecular weight excluding hydrogens is 1690 g/mol.